The summed E-state index contributed by atoms with van der Waals surface area (Å²) in [4.78, 5) is 8.49. The summed E-state index contributed by atoms with van der Waals surface area (Å²) in [5, 5.41) is 1.56. The Morgan fingerprint density at radius 1 is 1.47 bits per heavy atom. The largest absolute Gasteiger partial charge is 0.380 e. The van der Waals surface area contributed by atoms with Gasteiger partial charge >= 0.3 is 0 Å². The highest BCUT2D eigenvalue weighted by molar-refractivity contribution is 7.99. The van der Waals surface area contributed by atoms with Gasteiger partial charge in [0.05, 0.1) is 11.6 Å². The van der Waals surface area contributed by atoms with Crippen molar-refractivity contribution < 1.29 is 9.13 Å². The van der Waals surface area contributed by atoms with Gasteiger partial charge in [0.2, 0.25) is 0 Å². The molecule has 1 heterocycles. The maximum atomic E-state index is 14.3. The lowest BCUT2D eigenvalue weighted by molar-refractivity contribution is 0.186. The van der Waals surface area contributed by atoms with Crippen LogP contribution in [0.3, 0.4) is 0 Å². The number of fused-ring (bicyclic) bond motifs is 1. The first-order chi connectivity index (χ1) is 9.10. The molecule has 0 spiro atoms. The molecule has 0 fully saturated rings. The molecule has 0 atom stereocenters. The van der Waals surface area contributed by atoms with Crippen LogP contribution in [0.4, 0.5) is 4.39 Å². The van der Waals surface area contributed by atoms with Gasteiger partial charge in [0.15, 0.2) is 11.0 Å². The highest BCUT2D eigenvalue weighted by Gasteiger charge is 2.17. The van der Waals surface area contributed by atoms with E-state index in [-0.39, 0.29) is 5.82 Å². The standard InChI is InChI=1S/C13H14ClFN2OS/c1-4-19-13-16-5-8-9(6-18-3)10(14)7(2)11(15)12(8)17-13/h5H,4,6H2,1-3H3. The highest BCUT2D eigenvalue weighted by Crippen LogP contribution is 2.32. The summed E-state index contributed by atoms with van der Waals surface area (Å²) in [5.74, 6) is 0.449. The molecule has 6 heteroatoms. The van der Waals surface area contributed by atoms with Crippen LogP contribution in [-0.2, 0) is 11.3 Å². The molecule has 0 N–H and O–H groups in total. The van der Waals surface area contributed by atoms with Crippen LogP contribution >= 0.6 is 23.4 Å². The van der Waals surface area contributed by atoms with Crippen LogP contribution in [0.2, 0.25) is 5.02 Å². The maximum Gasteiger partial charge on any atom is 0.188 e. The van der Waals surface area contributed by atoms with Crippen molar-refractivity contribution in [1.29, 1.82) is 0 Å². The maximum absolute atomic E-state index is 14.3. The fraction of sp³-hybridized carbons (Fsp3) is 0.385. The van der Waals surface area contributed by atoms with Crippen LogP contribution in [0.5, 0.6) is 0 Å². The Kier molecular flexibility index (Phi) is 4.60. The van der Waals surface area contributed by atoms with E-state index < -0.39 is 0 Å². The second-order valence-corrected chi connectivity index (χ2v) is 5.62. The molecular weight excluding hydrogens is 287 g/mol. The van der Waals surface area contributed by atoms with Crippen molar-refractivity contribution in [3.8, 4) is 0 Å². The van der Waals surface area contributed by atoms with E-state index in [1.165, 1.54) is 11.8 Å². The van der Waals surface area contributed by atoms with Gasteiger partial charge in [-0.05, 0) is 12.7 Å². The molecular formula is C13H14ClFN2OS. The highest BCUT2D eigenvalue weighted by atomic mass is 35.5. The number of halogens is 2. The number of aromatic nitrogens is 2. The van der Waals surface area contributed by atoms with E-state index in [9.17, 15) is 4.39 Å². The van der Waals surface area contributed by atoms with Crippen LogP contribution in [0, 0.1) is 12.7 Å². The summed E-state index contributed by atoms with van der Waals surface area (Å²) in [6.07, 6.45) is 1.61. The van der Waals surface area contributed by atoms with Gasteiger partial charge in [0.1, 0.15) is 5.52 Å². The summed E-state index contributed by atoms with van der Waals surface area (Å²) in [6, 6.07) is 0. The Morgan fingerprint density at radius 2 is 2.21 bits per heavy atom. The van der Waals surface area contributed by atoms with Gasteiger partial charge in [-0.25, -0.2) is 14.4 Å². The lowest BCUT2D eigenvalue weighted by Crippen LogP contribution is -2.00. The normalized spacial score (nSPS) is 11.2. The van der Waals surface area contributed by atoms with Crippen molar-refractivity contribution in [3.63, 3.8) is 0 Å². The Bertz CT molecular complexity index is 621. The van der Waals surface area contributed by atoms with Crippen molar-refractivity contribution in [2.75, 3.05) is 12.9 Å². The van der Waals surface area contributed by atoms with Gasteiger partial charge in [0.25, 0.3) is 0 Å². The zero-order chi connectivity index (χ0) is 14.0. The van der Waals surface area contributed by atoms with E-state index in [0.29, 0.717) is 33.3 Å². The molecule has 1 aromatic heterocycles. The van der Waals surface area contributed by atoms with Crippen molar-refractivity contribution in [2.24, 2.45) is 0 Å². The Labute approximate surface area is 120 Å². The minimum absolute atomic E-state index is 0.305. The summed E-state index contributed by atoms with van der Waals surface area (Å²) in [5.41, 5.74) is 1.43. The van der Waals surface area contributed by atoms with Gasteiger partial charge in [-0.15, -0.1) is 0 Å². The minimum atomic E-state index is -0.389. The number of hydrogen-bond donors (Lipinski definition) is 0. The molecule has 1 aromatic carbocycles. The first kappa shape index (κ1) is 14.5. The van der Waals surface area contributed by atoms with Crippen LogP contribution in [0.15, 0.2) is 11.4 Å². The second-order valence-electron chi connectivity index (χ2n) is 4.01. The SMILES string of the molecule is CCSc1ncc2c(COC)c(Cl)c(C)c(F)c2n1. The van der Waals surface area contributed by atoms with Gasteiger partial charge in [-0.1, -0.05) is 30.3 Å². The Morgan fingerprint density at radius 3 is 2.84 bits per heavy atom. The second kappa shape index (κ2) is 6.03. The number of benzene rings is 1. The molecule has 2 aromatic rings. The monoisotopic (exact) mass is 300 g/mol. The zero-order valence-electron chi connectivity index (χ0n) is 11.0. The molecule has 0 aliphatic rings. The number of nitrogens with zero attached hydrogens (tertiary/aromatic N) is 2. The molecule has 0 saturated heterocycles. The van der Waals surface area contributed by atoms with E-state index in [2.05, 4.69) is 9.97 Å². The number of rotatable bonds is 4. The fourth-order valence-corrected chi connectivity index (χ4v) is 2.64. The molecule has 102 valence electrons. The molecule has 0 aliphatic heterocycles. The third kappa shape index (κ3) is 2.68. The molecule has 3 nitrogen and oxygen atoms in total. The molecule has 0 unspecified atom stereocenters. The number of hydrogen-bond acceptors (Lipinski definition) is 4. The summed E-state index contributed by atoms with van der Waals surface area (Å²) >= 11 is 7.65. The Hall–Kier alpha value is -0.910. The molecule has 0 amide bonds. The lowest BCUT2D eigenvalue weighted by Gasteiger charge is -2.12. The average Bonchev–Trinajstić information content (AvgIpc) is 2.42. The number of ether oxygens (including phenoxy) is 1. The summed E-state index contributed by atoms with van der Waals surface area (Å²) in [7, 11) is 1.57. The molecule has 0 saturated carbocycles. The number of methoxy groups -OCH3 is 1. The first-order valence-corrected chi connectivity index (χ1v) is 7.21. The van der Waals surface area contributed by atoms with Gasteiger partial charge in [-0.3, -0.25) is 0 Å². The lowest BCUT2D eigenvalue weighted by atomic mass is 10.1. The van der Waals surface area contributed by atoms with E-state index >= 15 is 0 Å². The van der Waals surface area contributed by atoms with Crippen LogP contribution in [-0.4, -0.2) is 22.8 Å². The Balaban J connectivity index is 2.73. The minimum Gasteiger partial charge on any atom is -0.380 e. The van der Waals surface area contributed by atoms with Crippen molar-refractivity contribution in [1.82, 2.24) is 9.97 Å². The molecule has 0 bridgehead atoms. The van der Waals surface area contributed by atoms with Gasteiger partial charge < -0.3 is 4.74 Å². The average molecular weight is 301 g/mol. The molecule has 0 radical (unpaired) electrons. The number of thioether (sulfide) groups is 1. The first-order valence-electron chi connectivity index (χ1n) is 5.85. The van der Waals surface area contributed by atoms with Gasteiger partial charge in [0, 0.05) is 29.8 Å². The van der Waals surface area contributed by atoms with Crippen LogP contribution < -0.4 is 0 Å². The fourth-order valence-electron chi connectivity index (χ4n) is 1.86. The third-order valence-corrected chi connectivity index (χ3v) is 4.04. The van der Waals surface area contributed by atoms with E-state index in [4.69, 9.17) is 16.3 Å². The van der Waals surface area contributed by atoms with Crippen molar-refractivity contribution >= 4 is 34.3 Å². The third-order valence-electron chi connectivity index (χ3n) is 2.79. The van der Waals surface area contributed by atoms with Gasteiger partial charge in [-0.2, -0.15) is 0 Å². The summed E-state index contributed by atoms with van der Waals surface area (Å²) in [6.45, 7) is 3.95. The van der Waals surface area contributed by atoms with E-state index in [0.717, 1.165) is 11.3 Å². The van der Waals surface area contributed by atoms with Crippen LogP contribution in [0.1, 0.15) is 18.1 Å². The molecule has 19 heavy (non-hydrogen) atoms. The van der Waals surface area contributed by atoms with Crippen molar-refractivity contribution in [2.45, 2.75) is 25.6 Å². The predicted molar refractivity (Wildman–Crippen MR) is 76.4 cm³/mol. The van der Waals surface area contributed by atoms with E-state index in [1.807, 2.05) is 6.92 Å². The zero-order valence-corrected chi connectivity index (χ0v) is 12.5. The smallest absolute Gasteiger partial charge is 0.188 e. The summed E-state index contributed by atoms with van der Waals surface area (Å²) < 4.78 is 19.4. The molecule has 0 aliphatic carbocycles. The van der Waals surface area contributed by atoms with E-state index in [1.54, 1.807) is 20.2 Å². The topological polar surface area (TPSA) is 35.0 Å². The predicted octanol–water partition coefficient (Wildman–Crippen LogP) is 3.99. The van der Waals surface area contributed by atoms with Crippen molar-refractivity contribution in [3.05, 3.63) is 28.2 Å². The quantitative estimate of drug-likeness (QED) is 0.632. The van der Waals surface area contributed by atoms with Crippen LogP contribution in [0.25, 0.3) is 10.9 Å². The molecule has 2 rings (SSSR count).